The molecule has 9 atom stereocenters. The number of terminal acetylenes is 1. The van der Waals surface area contributed by atoms with Crippen molar-refractivity contribution in [1.29, 1.82) is 0 Å². The van der Waals surface area contributed by atoms with Crippen molar-refractivity contribution in [3.05, 3.63) is 18.0 Å². The molecule has 0 N–H and O–H groups in total. The zero-order valence-corrected chi connectivity index (χ0v) is 21.9. The van der Waals surface area contributed by atoms with Gasteiger partial charge in [-0.05, 0) is 104 Å². The summed E-state index contributed by atoms with van der Waals surface area (Å²) in [6.45, 7) is 11.3. The van der Waals surface area contributed by atoms with Crippen molar-refractivity contribution in [2.24, 2.45) is 52.3 Å². The molecule has 0 aromatic carbocycles. The Morgan fingerprint density at radius 3 is 2.64 bits per heavy atom. The van der Waals surface area contributed by atoms with Gasteiger partial charge in [-0.25, -0.2) is 0 Å². The number of hydrogen-bond acceptors (Lipinski definition) is 1. The van der Waals surface area contributed by atoms with E-state index in [1.165, 1.54) is 77.0 Å². The Kier molecular flexibility index (Phi) is 6.48. The van der Waals surface area contributed by atoms with Crippen molar-refractivity contribution in [2.75, 3.05) is 0 Å². The van der Waals surface area contributed by atoms with Crippen molar-refractivity contribution < 1.29 is 0 Å². The summed E-state index contributed by atoms with van der Waals surface area (Å²) >= 11 is 0. The van der Waals surface area contributed by atoms with Crippen LogP contribution in [0.4, 0.5) is 0 Å². The van der Waals surface area contributed by atoms with E-state index in [1.807, 2.05) is 6.20 Å². The van der Waals surface area contributed by atoms with E-state index in [0.29, 0.717) is 16.7 Å². The highest BCUT2D eigenvalue weighted by molar-refractivity contribution is 5.26. The first-order valence-electron chi connectivity index (χ1n) is 14.4. The molecule has 0 saturated heterocycles. The number of hydrogen-bond donors (Lipinski definition) is 0. The van der Waals surface area contributed by atoms with Crippen LogP contribution in [-0.4, -0.2) is 9.78 Å². The summed E-state index contributed by atoms with van der Waals surface area (Å²) in [6.07, 6.45) is 27.2. The highest BCUT2D eigenvalue weighted by Gasteiger charge is 2.58. The Morgan fingerprint density at radius 2 is 1.88 bits per heavy atom. The van der Waals surface area contributed by atoms with Crippen molar-refractivity contribution in [2.45, 2.75) is 111 Å². The summed E-state index contributed by atoms with van der Waals surface area (Å²) in [5.74, 6) is 9.22. The van der Waals surface area contributed by atoms with E-state index in [1.54, 1.807) is 0 Å². The predicted octanol–water partition coefficient (Wildman–Crippen LogP) is 7.97. The van der Waals surface area contributed by atoms with Gasteiger partial charge in [0.05, 0.1) is 11.8 Å². The first kappa shape index (κ1) is 23.5. The van der Waals surface area contributed by atoms with Crippen LogP contribution < -0.4 is 0 Å². The van der Waals surface area contributed by atoms with Gasteiger partial charge in [-0.3, -0.25) is 4.68 Å². The summed E-state index contributed by atoms with van der Waals surface area (Å²) in [7, 11) is 0. The van der Waals surface area contributed by atoms with Crippen LogP contribution in [0.5, 0.6) is 0 Å². The van der Waals surface area contributed by atoms with E-state index in [0.717, 1.165) is 47.6 Å². The van der Waals surface area contributed by atoms with Crippen LogP contribution in [0.25, 0.3) is 0 Å². The van der Waals surface area contributed by atoms with E-state index in [2.05, 4.69) is 49.6 Å². The lowest BCUT2D eigenvalue weighted by atomic mass is 9.42. The van der Waals surface area contributed by atoms with Crippen LogP contribution in [0.1, 0.15) is 110 Å². The molecule has 0 bridgehead atoms. The van der Waals surface area contributed by atoms with Crippen LogP contribution in [0, 0.1) is 64.6 Å². The third-order valence-electron chi connectivity index (χ3n) is 11.6. The minimum Gasteiger partial charge on any atom is -0.271 e. The van der Waals surface area contributed by atoms with Crippen LogP contribution >= 0.6 is 0 Å². The molecule has 0 radical (unpaired) electrons. The summed E-state index contributed by atoms with van der Waals surface area (Å²) in [5, 5.41) is 4.56. The lowest BCUT2D eigenvalue weighted by molar-refractivity contribution is -0.142. The van der Waals surface area contributed by atoms with E-state index in [9.17, 15) is 0 Å². The first-order chi connectivity index (χ1) is 15.9. The third-order valence-corrected chi connectivity index (χ3v) is 11.6. The van der Waals surface area contributed by atoms with E-state index in [4.69, 9.17) is 6.42 Å². The van der Waals surface area contributed by atoms with Gasteiger partial charge in [-0.1, -0.05) is 59.3 Å². The molecule has 4 aliphatic rings. The van der Waals surface area contributed by atoms with Crippen LogP contribution in [0.15, 0.2) is 12.4 Å². The minimum atomic E-state index is 0.522. The molecular weight excluding hydrogens is 400 g/mol. The second-order valence-electron chi connectivity index (χ2n) is 13.3. The van der Waals surface area contributed by atoms with Crippen LogP contribution in [-0.2, 0) is 6.54 Å². The van der Waals surface area contributed by atoms with Gasteiger partial charge in [0.25, 0.3) is 0 Å². The van der Waals surface area contributed by atoms with Gasteiger partial charge in [0.1, 0.15) is 0 Å². The molecule has 2 heteroatoms. The Labute approximate surface area is 203 Å². The molecule has 1 aromatic rings. The highest BCUT2D eigenvalue weighted by atomic mass is 15.3. The highest BCUT2D eigenvalue weighted by Crippen LogP contribution is 2.66. The Hall–Kier alpha value is -1.23. The van der Waals surface area contributed by atoms with Crippen LogP contribution in [0.2, 0.25) is 0 Å². The predicted molar refractivity (Wildman–Crippen MR) is 138 cm³/mol. The van der Waals surface area contributed by atoms with Crippen molar-refractivity contribution in [1.82, 2.24) is 9.78 Å². The number of aromatic nitrogens is 2. The molecule has 4 aliphatic carbocycles. The average molecular weight is 449 g/mol. The molecule has 4 saturated carbocycles. The monoisotopic (exact) mass is 448 g/mol. The zero-order valence-electron chi connectivity index (χ0n) is 21.9. The average Bonchev–Trinajstić information content (AvgIpc) is 3.25. The molecule has 9 unspecified atom stereocenters. The van der Waals surface area contributed by atoms with Crippen LogP contribution in [0.3, 0.4) is 0 Å². The second kappa shape index (κ2) is 9.09. The van der Waals surface area contributed by atoms with E-state index < -0.39 is 0 Å². The largest absolute Gasteiger partial charge is 0.271 e. The van der Waals surface area contributed by atoms with Gasteiger partial charge in [0, 0.05) is 12.7 Å². The molecule has 5 rings (SSSR count). The van der Waals surface area contributed by atoms with E-state index >= 15 is 0 Å². The molecule has 2 nitrogen and oxygen atoms in total. The van der Waals surface area contributed by atoms with Gasteiger partial charge in [0.15, 0.2) is 0 Å². The minimum absolute atomic E-state index is 0.522. The van der Waals surface area contributed by atoms with Gasteiger partial charge < -0.3 is 0 Å². The first-order valence-corrected chi connectivity index (χ1v) is 14.4. The molecule has 33 heavy (non-hydrogen) atoms. The molecule has 0 spiro atoms. The molecule has 1 heterocycles. The maximum Gasteiger partial charge on any atom is 0.0646 e. The van der Waals surface area contributed by atoms with Crippen molar-refractivity contribution >= 4 is 0 Å². The molecular formula is C31H48N2. The maximum absolute atomic E-state index is 5.58. The van der Waals surface area contributed by atoms with Gasteiger partial charge in [0.2, 0.25) is 0 Å². The van der Waals surface area contributed by atoms with Gasteiger partial charge in [-0.2, -0.15) is 5.10 Å². The fraction of sp³-hybridized carbons (Fsp3) is 0.839. The lowest BCUT2D eigenvalue weighted by Crippen LogP contribution is -2.55. The van der Waals surface area contributed by atoms with Gasteiger partial charge in [-0.15, -0.1) is 6.42 Å². The topological polar surface area (TPSA) is 17.8 Å². The molecule has 0 aliphatic heterocycles. The molecule has 182 valence electrons. The standard InChI is InChI=1S/C31H48N2/c1-6-9-24-12-13-28-25-15-17-31(5)27(22(3)20-33-21-23(7-2)19-32-33)10-8-11-29(31)26(25)14-16-30(28,4)18-24/h2,19,21-22,24-29H,6,8-18,20H2,1,3-5H3. The van der Waals surface area contributed by atoms with E-state index in [-0.39, 0.29) is 0 Å². The summed E-state index contributed by atoms with van der Waals surface area (Å²) < 4.78 is 2.11. The quantitative estimate of drug-likeness (QED) is 0.418. The Morgan fingerprint density at radius 1 is 1.09 bits per heavy atom. The normalized spacial score (nSPS) is 43.6. The molecule has 0 amide bonds. The fourth-order valence-corrected chi connectivity index (χ4v) is 10.2. The lowest BCUT2D eigenvalue weighted by Gasteiger charge is -2.63. The summed E-state index contributed by atoms with van der Waals surface area (Å²) in [4.78, 5) is 0. The Bertz CT molecular complexity index is 863. The summed E-state index contributed by atoms with van der Waals surface area (Å²) in [5.41, 5.74) is 2.08. The third kappa shape index (κ3) is 4.10. The number of rotatable bonds is 5. The smallest absolute Gasteiger partial charge is 0.0646 e. The zero-order chi connectivity index (χ0) is 23.2. The number of nitrogens with zero attached hydrogens (tertiary/aromatic N) is 2. The fourth-order valence-electron chi connectivity index (χ4n) is 10.2. The SMILES string of the molecule is C#Cc1cnn(CC(C)C2CCCC3C4CCC5(C)CC(CCC)CCC5C4CCC23C)c1. The van der Waals surface area contributed by atoms with Gasteiger partial charge >= 0.3 is 0 Å². The Balaban J connectivity index is 1.32. The summed E-state index contributed by atoms with van der Waals surface area (Å²) in [6, 6.07) is 0. The second-order valence-corrected chi connectivity index (χ2v) is 13.3. The van der Waals surface area contributed by atoms with Crippen molar-refractivity contribution in [3.8, 4) is 12.3 Å². The molecule has 4 fully saturated rings. The molecule has 1 aromatic heterocycles. The van der Waals surface area contributed by atoms with Crippen molar-refractivity contribution in [3.63, 3.8) is 0 Å². The number of fused-ring (bicyclic) bond motifs is 5. The maximum atomic E-state index is 5.58.